The average molecular weight is 239 g/mol. The van der Waals surface area contributed by atoms with E-state index in [4.69, 9.17) is 0 Å². The third-order valence-corrected chi connectivity index (χ3v) is 3.06. The van der Waals surface area contributed by atoms with Gasteiger partial charge in [0.15, 0.2) is 5.82 Å². The lowest BCUT2D eigenvalue weighted by Gasteiger charge is -1.93. The van der Waals surface area contributed by atoms with Gasteiger partial charge in [-0.1, -0.05) is 12.1 Å². The Balaban J connectivity index is 1.87. The number of para-hydroxylation sites is 2. The van der Waals surface area contributed by atoms with Gasteiger partial charge in [-0.05, 0) is 12.1 Å². The first-order chi connectivity index (χ1) is 8.83. The molecule has 18 heavy (non-hydrogen) atoms. The molecule has 1 saturated heterocycles. The number of nitrogens with one attached hydrogen (secondary N) is 3. The Labute approximate surface area is 101 Å². The number of carbonyl (C=O) groups excluding carboxylic acids is 1. The van der Waals surface area contributed by atoms with Crippen LogP contribution in [0.4, 0.5) is 0 Å². The predicted octanol–water partition coefficient (Wildman–Crippen LogP) is 1.12. The minimum atomic E-state index is -0.244. The number of aromatic nitrogens is 4. The van der Waals surface area contributed by atoms with Crippen LogP contribution >= 0.6 is 0 Å². The van der Waals surface area contributed by atoms with Crippen LogP contribution < -0.4 is 5.32 Å². The Hall–Kier alpha value is -2.63. The zero-order valence-electron chi connectivity index (χ0n) is 9.27. The molecule has 6 nitrogen and oxygen atoms in total. The summed E-state index contributed by atoms with van der Waals surface area (Å²) < 4.78 is 0. The highest BCUT2D eigenvalue weighted by Gasteiger charge is 2.38. The number of hydrogen-bond acceptors (Lipinski definition) is 3. The number of benzene rings is 1. The van der Waals surface area contributed by atoms with E-state index in [-0.39, 0.29) is 11.9 Å². The van der Waals surface area contributed by atoms with Crippen molar-refractivity contribution in [1.82, 2.24) is 25.5 Å². The summed E-state index contributed by atoms with van der Waals surface area (Å²) in [6, 6.07) is 7.53. The van der Waals surface area contributed by atoms with Gasteiger partial charge in [0.1, 0.15) is 11.7 Å². The first-order valence-electron chi connectivity index (χ1n) is 5.62. The van der Waals surface area contributed by atoms with Crippen molar-refractivity contribution in [2.24, 2.45) is 0 Å². The van der Waals surface area contributed by atoms with Crippen molar-refractivity contribution >= 4 is 16.9 Å². The normalized spacial score (nSPS) is 18.0. The quantitative estimate of drug-likeness (QED) is 0.585. The van der Waals surface area contributed by atoms with Crippen LogP contribution in [0.5, 0.6) is 0 Å². The number of rotatable bonds is 2. The minimum Gasteiger partial charge on any atom is -0.338 e. The van der Waals surface area contributed by atoms with Crippen molar-refractivity contribution in [2.75, 3.05) is 0 Å². The number of fused-ring (bicyclic) bond motifs is 1. The second-order valence-electron chi connectivity index (χ2n) is 4.23. The van der Waals surface area contributed by atoms with Gasteiger partial charge in [0.25, 0.3) is 0 Å². The smallest absolute Gasteiger partial charge is 0.248 e. The second kappa shape index (κ2) is 3.19. The van der Waals surface area contributed by atoms with E-state index in [2.05, 4.69) is 25.5 Å². The molecule has 0 radical (unpaired) electrons. The van der Waals surface area contributed by atoms with Crippen LogP contribution in [0, 0.1) is 0 Å². The summed E-state index contributed by atoms with van der Waals surface area (Å²) in [6.45, 7) is 0. The van der Waals surface area contributed by atoms with Gasteiger partial charge in [-0.2, -0.15) is 5.10 Å². The third kappa shape index (κ3) is 1.26. The van der Waals surface area contributed by atoms with Crippen LogP contribution in [0.3, 0.4) is 0 Å². The summed E-state index contributed by atoms with van der Waals surface area (Å²) >= 11 is 0. The highest BCUT2D eigenvalue weighted by atomic mass is 16.2. The monoisotopic (exact) mass is 239 g/mol. The van der Waals surface area contributed by atoms with Crippen LogP contribution in [0.25, 0.3) is 22.6 Å². The summed E-state index contributed by atoms with van der Waals surface area (Å²) in [7, 11) is 0. The fourth-order valence-corrected chi connectivity index (χ4v) is 2.09. The van der Waals surface area contributed by atoms with Gasteiger partial charge in [-0.25, -0.2) is 4.98 Å². The molecule has 0 bridgehead atoms. The Morgan fingerprint density at radius 3 is 2.83 bits per heavy atom. The molecule has 1 unspecified atom stereocenters. The second-order valence-corrected chi connectivity index (χ2v) is 4.23. The summed E-state index contributed by atoms with van der Waals surface area (Å²) in [4.78, 5) is 18.8. The van der Waals surface area contributed by atoms with Gasteiger partial charge in [0, 0.05) is 11.8 Å². The lowest BCUT2D eigenvalue weighted by Crippen LogP contribution is -1.89. The van der Waals surface area contributed by atoms with Crippen LogP contribution in [0.2, 0.25) is 0 Å². The standard InChI is InChI=1S/C12H9N5O/c18-12-10(16-12)6-5-13-17-9(6)11-14-7-3-1-2-4-8(7)15-11/h1-5,10H,(H,13,17)(H,14,15)(H,16,18). The highest BCUT2D eigenvalue weighted by Crippen LogP contribution is 2.30. The van der Waals surface area contributed by atoms with Gasteiger partial charge < -0.3 is 10.3 Å². The van der Waals surface area contributed by atoms with Crippen molar-refractivity contribution < 1.29 is 4.79 Å². The van der Waals surface area contributed by atoms with E-state index >= 15 is 0 Å². The summed E-state index contributed by atoms with van der Waals surface area (Å²) in [5, 5.41) is 9.68. The van der Waals surface area contributed by atoms with Gasteiger partial charge >= 0.3 is 0 Å². The molecule has 3 aromatic rings. The van der Waals surface area contributed by atoms with Gasteiger partial charge in [-0.3, -0.25) is 9.89 Å². The number of nitrogens with zero attached hydrogens (tertiary/aromatic N) is 2. The molecule has 1 aromatic carbocycles. The van der Waals surface area contributed by atoms with E-state index in [0.717, 1.165) is 16.6 Å². The summed E-state index contributed by atoms with van der Waals surface area (Å²) in [5.41, 5.74) is 3.36. The Kier molecular flexibility index (Phi) is 1.67. The molecule has 0 saturated carbocycles. The highest BCUT2D eigenvalue weighted by molar-refractivity contribution is 5.99. The van der Waals surface area contributed by atoms with Crippen molar-refractivity contribution in [3.63, 3.8) is 0 Å². The van der Waals surface area contributed by atoms with E-state index in [9.17, 15) is 4.79 Å². The van der Waals surface area contributed by atoms with Crippen LogP contribution in [0.15, 0.2) is 30.5 Å². The topological polar surface area (TPSA) is 96.4 Å². The van der Waals surface area contributed by atoms with Gasteiger partial charge in [0.05, 0.1) is 11.0 Å². The van der Waals surface area contributed by atoms with E-state index in [0.29, 0.717) is 11.5 Å². The van der Waals surface area contributed by atoms with Crippen LogP contribution in [-0.2, 0) is 4.79 Å². The number of amides is 1. The van der Waals surface area contributed by atoms with E-state index in [1.807, 2.05) is 24.3 Å². The molecule has 1 fully saturated rings. The van der Waals surface area contributed by atoms with E-state index < -0.39 is 0 Å². The first kappa shape index (κ1) is 9.41. The summed E-state index contributed by atoms with van der Waals surface area (Å²) in [6.07, 6.45) is 1.73. The van der Waals surface area contributed by atoms with E-state index in [1.54, 1.807) is 6.20 Å². The molecule has 1 aliphatic rings. The molecule has 0 aliphatic carbocycles. The predicted molar refractivity (Wildman–Crippen MR) is 64.6 cm³/mol. The van der Waals surface area contributed by atoms with Crippen molar-refractivity contribution in [1.29, 1.82) is 0 Å². The Morgan fingerprint density at radius 1 is 1.22 bits per heavy atom. The minimum absolute atomic E-state index is 0.0220. The summed E-state index contributed by atoms with van der Waals surface area (Å²) in [5.74, 6) is 0.697. The molecule has 1 amide bonds. The molecular formula is C12H9N5O. The first-order valence-corrected chi connectivity index (χ1v) is 5.62. The molecule has 88 valence electrons. The zero-order valence-corrected chi connectivity index (χ0v) is 9.27. The largest absolute Gasteiger partial charge is 0.338 e. The number of aromatic amines is 2. The lowest BCUT2D eigenvalue weighted by molar-refractivity contribution is -0.111. The third-order valence-electron chi connectivity index (χ3n) is 3.06. The maximum absolute atomic E-state index is 11.2. The maximum Gasteiger partial charge on any atom is 0.248 e. The zero-order chi connectivity index (χ0) is 12.1. The molecule has 1 atom stereocenters. The molecule has 3 N–H and O–H groups in total. The fraction of sp³-hybridized carbons (Fsp3) is 0.0833. The lowest BCUT2D eigenvalue weighted by atomic mass is 10.2. The average Bonchev–Trinajstić information content (AvgIpc) is 2.86. The van der Waals surface area contributed by atoms with E-state index in [1.165, 1.54) is 0 Å². The van der Waals surface area contributed by atoms with Crippen LogP contribution in [-0.4, -0.2) is 26.1 Å². The van der Waals surface area contributed by atoms with Crippen molar-refractivity contribution in [2.45, 2.75) is 6.04 Å². The Bertz CT molecular complexity index is 724. The molecule has 4 rings (SSSR count). The molecule has 6 heteroatoms. The molecular weight excluding hydrogens is 230 g/mol. The van der Waals surface area contributed by atoms with Crippen molar-refractivity contribution in [3.05, 3.63) is 36.0 Å². The molecule has 2 aromatic heterocycles. The number of H-pyrrole nitrogens is 2. The fourth-order valence-electron chi connectivity index (χ4n) is 2.09. The number of hydrogen-bond donors (Lipinski definition) is 3. The maximum atomic E-state index is 11.2. The van der Waals surface area contributed by atoms with Gasteiger partial charge in [0.2, 0.25) is 5.91 Å². The van der Waals surface area contributed by atoms with Gasteiger partial charge in [-0.15, -0.1) is 0 Å². The number of carbonyl (C=O) groups is 1. The molecule has 0 spiro atoms. The molecule has 3 heterocycles. The SMILES string of the molecule is O=C1NC1c1c[nH]nc1-c1nc2ccccc2[nH]1. The molecule has 1 aliphatic heterocycles. The Morgan fingerprint density at radius 2 is 2.06 bits per heavy atom. The van der Waals surface area contributed by atoms with Crippen molar-refractivity contribution in [3.8, 4) is 11.5 Å². The number of imidazole rings is 1. The van der Waals surface area contributed by atoms with Crippen LogP contribution in [0.1, 0.15) is 11.6 Å².